The molecule has 1 fully saturated rings. The van der Waals surface area contributed by atoms with Crippen molar-refractivity contribution in [3.05, 3.63) is 106 Å². The highest BCUT2D eigenvalue weighted by atomic mass is 19.1. The van der Waals surface area contributed by atoms with Crippen LogP contribution in [-0.4, -0.2) is 26.7 Å². The van der Waals surface area contributed by atoms with Crippen molar-refractivity contribution >= 4 is 28.8 Å². The first kappa shape index (κ1) is 19.9. The Balaban J connectivity index is 1.90. The molecule has 1 N–H and O–H groups in total. The van der Waals surface area contributed by atoms with Gasteiger partial charge in [0.25, 0.3) is 17.4 Å². The second-order valence-corrected chi connectivity index (χ2v) is 6.73. The number of halogens is 1. The number of benzene rings is 2. The Bertz CT molecular complexity index is 1210. The molecule has 0 aliphatic carbocycles. The SMILES string of the molecule is O=C1C(=O)N(c2ccc(F)cc2)C(c2ccncc2)/C1=C(/O)c1ccc([N+](=O)[O-])cc1. The number of nitro groups is 1. The fraction of sp³-hybridized carbons (Fsp3) is 0.0455. The molecule has 1 amide bonds. The van der Waals surface area contributed by atoms with Gasteiger partial charge >= 0.3 is 0 Å². The van der Waals surface area contributed by atoms with Crippen molar-refractivity contribution in [1.82, 2.24) is 4.98 Å². The third-order valence-corrected chi connectivity index (χ3v) is 4.92. The minimum absolute atomic E-state index is 0.141. The molecule has 8 nitrogen and oxygen atoms in total. The standard InChI is InChI=1S/C22H14FN3O5/c23-15-3-7-16(8-4-15)25-19(13-9-11-24-12-10-13)18(21(28)22(25)29)20(27)14-1-5-17(6-2-14)26(30)31/h1-12,19,27H/b20-18-. The highest BCUT2D eigenvalue weighted by molar-refractivity contribution is 6.51. The molecule has 0 spiro atoms. The first-order chi connectivity index (χ1) is 14.9. The van der Waals surface area contributed by atoms with Crippen molar-refractivity contribution in [2.24, 2.45) is 0 Å². The predicted octanol–water partition coefficient (Wildman–Crippen LogP) is 3.76. The molecule has 31 heavy (non-hydrogen) atoms. The van der Waals surface area contributed by atoms with E-state index in [-0.39, 0.29) is 22.5 Å². The molecule has 2 heterocycles. The van der Waals surface area contributed by atoms with Crippen LogP contribution in [0.15, 0.2) is 78.6 Å². The van der Waals surface area contributed by atoms with E-state index in [1.54, 1.807) is 12.1 Å². The molecule has 9 heteroatoms. The van der Waals surface area contributed by atoms with Gasteiger partial charge in [-0.15, -0.1) is 0 Å². The molecule has 1 atom stereocenters. The number of Topliss-reactive ketones (excluding diaryl/α,β-unsaturated/α-hetero) is 1. The lowest BCUT2D eigenvalue weighted by molar-refractivity contribution is -0.384. The summed E-state index contributed by atoms with van der Waals surface area (Å²) in [5.74, 6) is -2.80. The Morgan fingerprint density at radius 2 is 1.61 bits per heavy atom. The number of amides is 1. The van der Waals surface area contributed by atoms with Crippen LogP contribution in [0.2, 0.25) is 0 Å². The average Bonchev–Trinajstić information content (AvgIpc) is 3.05. The van der Waals surface area contributed by atoms with E-state index < -0.39 is 34.2 Å². The summed E-state index contributed by atoms with van der Waals surface area (Å²) in [7, 11) is 0. The average molecular weight is 419 g/mol. The van der Waals surface area contributed by atoms with E-state index in [9.17, 15) is 29.2 Å². The molecule has 1 aliphatic rings. The van der Waals surface area contributed by atoms with Gasteiger partial charge in [0.05, 0.1) is 16.5 Å². The summed E-state index contributed by atoms with van der Waals surface area (Å²) in [6, 6.07) is 12.2. The highest BCUT2D eigenvalue weighted by Crippen LogP contribution is 2.42. The largest absolute Gasteiger partial charge is 0.507 e. The summed E-state index contributed by atoms with van der Waals surface area (Å²) < 4.78 is 13.4. The van der Waals surface area contributed by atoms with Gasteiger partial charge in [0.15, 0.2) is 0 Å². The third-order valence-electron chi connectivity index (χ3n) is 4.92. The normalized spacial score (nSPS) is 17.7. The van der Waals surface area contributed by atoms with Gasteiger partial charge in [0.1, 0.15) is 11.6 Å². The smallest absolute Gasteiger partial charge is 0.300 e. The van der Waals surface area contributed by atoms with Crippen LogP contribution >= 0.6 is 0 Å². The topological polar surface area (TPSA) is 114 Å². The first-order valence-corrected chi connectivity index (χ1v) is 9.10. The number of pyridine rings is 1. The number of nitrogens with zero attached hydrogens (tertiary/aromatic N) is 3. The lowest BCUT2D eigenvalue weighted by Crippen LogP contribution is -2.29. The van der Waals surface area contributed by atoms with Crippen molar-refractivity contribution in [1.29, 1.82) is 0 Å². The first-order valence-electron chi connectivity index (χ1n) is 9.10. The van der Waals surface area contributed by atoms with Crippen molar-refractivity contribution < 1.29 is 24.0 Å². The number of hydrogen-bond acceptors (Lipinski definition) is 6. The number of carbonyl (C=O) groups is 2. The lowest BCUT2D eigenvalue weighted by Gasteiger charge is -2.25. The van der Waals surface area contributed by atoms with Gasteiger partial charge < -0.3 is 5.11 Å². The highest BCUT2D eigenvalue weighted by Gasteiger charge is 2.46. The minimum Gasteiger partial charge on any atom is -0.507 e. The van der Waals surface area contributed by atoms with Crippen molar-refractivity contribution in [2.45, 2.75) is 6.04 Å². The lowest BCUT2D eigenvalue weighted by atomic mass is 9.95. The van der Waals surface area contributed by atoms with Crippen molar-refractivity contribution in [3.8, 4) is 0 Å². The van der Waals surface area contributed by atoms with Gasteiger partial charge in [-0.2, -0.15) is 0 Å². The van der Waals surface area contributed by atoms with Gasteiger partial charge in [-0.05, 0) is 54.1 Å². The zero-order valence-electron chi connectivity index (χ0n) is 15.8. The Morgan fingerprint density at radius 1 is 1.00 bits per heavy atom. The Hall–Kier alpha value is -4.40. The van der Waals surface area contributed by atoms with Crippen LogP contribution in [-0.2, 0) is 9.59 Å². The number of hydrogen-bond donors (Lipinski definition) is 1. The quantitative estimate of drug-likeness (QED) is 0.226. The number of nitro benzene ring substituents is 1. The third kappa shape index (κ3) is 3.52. The van der Waals surface area contributed by atoms with Crippen LogP contribution < -0.4 is 4.90 Å². The van der Waals surface area contributed by atoms with Crippen molar-refractivity contribution in [2.75, 3.05) is 4.90 Å². The monoisotopic (exact) mass is 419 g/mol. The number of ketones is 1. The Morgan fingerprint density at radius 3 is 2.19 bits per heavy atom. The van der Waals surface area contributed by atoms with Crippen LogP contribution in [0.5, 0.6) is 0 Å². The number of carbonyl (C=O) groups excluding carboxylic acids is 2. The van der Waals surface area contributed by atoms with E-state index in [1.807, 2.05) is 0 Å². The summed E-state index contributed by atoms with van der Waals surface area (Å²) in [5, 5.41) is 21.8. The van der Waals surface area contributed by atoms with Crippen LogP contribution in [0.1, 0.15) is 17.2 Å². The van der Waals surface area contributed by atoms with Crippen LogP contribution in [0, 0.1) is 15.9 Å². The van der Waals surface area contributed by atoms with Crippen molar-refractivity contribution in [3.63, 3.8) is 0 Å². The zero-order chi connectivity index (χ0) is 22.1. The molecule has 154 valence electrons. The van der Waals surface area contributed by atoms with E-state index in [1.165, 1.54) is 53.7 Å². The van der Waals surface area contributed by atoms with Gasteiger partial charge in [-0.1, -0.05) is 0 Å². The van der Waals surface area contributed by atoms with E-state index in [0.717, 1.165) is 12.1 Å². The molecule has 0 saturated carbocycles. The number of aliphatic hydroxyl groups excluding tert-OH is 1. The number of aliphatic hydroxyl groups is 1. The zero-order valence-corrected chi connectivity index (χ0v) is 15.8. The Kier molecular flexibility index (Phi) is 5.00. The molecule has 0 radical (unpaired) electrons. The molecule has 0 bridgehead atoms. The summed E-state index contributed by atoms with van der Waals surface area (Å²) in [6.45, 7) is 0. The van der Waals surface area contributed by atoms with Crippen LogP contribution in [0.4, 0.5) is 15.8 Å². The van der Waals surface area contributed by atoms with Gasteiger partial charge in [-0.3, -0.25) is 29.6 Å². The maximum absolute atomic E-state index is 13.4. The maximum Gasteiger partial charge on any atom is 0.300 e. The summed E-state index contributed by atoms with van der Waals surface area (Å²) in [5.41, 5.74) is 0.542. The second kappa shape index (κ2) is 7.79. The number of aromatic nitrogens is 1. The van der Waals surface area contributed by atoms with Crippen LogP contribution in [0.3, 0.4) is 0 Å². The maximum atomic E-state index is 13.4. The molecular formula is C22H14FN3O5. The molecule has 2 aromatic carbocycles. The molecular weight excluding hydrogens is 405 g/mol. The van der Waals surface area contributed by atoms with E-state index in [2.05, 4.69) is 4.98 Å². The fourth-order valence-corrected chi connectivity index (χ4v) is 3.46. The summed E-state index contributed by atoms with van der Waals surface area (Å²) in [4.78, 5) is 41.2. The summed E-state index contributed by atoms with van der Waals surface area (Å²) in [6.07, 6.45) is 2.96. The fourth-order valence-electron chi connectivity index (χ4n) is 3.46. The minimum atomic E-state index is -0.997. The van der Waals surface area contributed by atoms with E-state index >= 15 is 0 Å². The van der Waals surface area contributed by atoms with Gasteiger partial charge in [-0.25, -0.2) is 4.39 Å². The van der Waals surface area contributed by atoms with Gasteiger partial charge in [0, 0.05) is 35.8 Å². The molecule has 1 unspecified atom stereocenters. The number of non-ortho nitro benzene ring substituents is 1. The molecule has 1 saturated heterocycles. The predicted molar refractivity (Wildman–Crippen MR) is 109 cm³/mol. The van der Waals surface area contributed by atoms with E-state index in [4.69, 9.17) is 0 Å². The summed E-state index contributed by atoms with van der Waals surface area (Å²) >= 11 is 0. The molecule has 3 aromatic rings. The Labute approximate surface area is 175 Å². The number of rotatable bonds is 4. The second-order valence-electron chi connectivity index (χ2n) is 6.73. The number of anilines is 1. The molecule has 1 aromatic heterocycles. The van der Waals surface area contributed by atoms with Gasteiger partial charge in [0.2, 0.25) is 0 Å². The molecule has 4 rings (SSSR count). The van der Waals surface area contributed by atoms with Crippen LogP contribution in [0.25, 0.3) is 5.76 Å². The van der Waals surface area contributed by atoms with E-state index in [0.29, 0.717) is 5.56 Å². The molecule has 1 aliphatic heterocycles.